The van der Waals surface area contributed by atoms with E-state index in [1.165, 1.54) is 14.2 Å². The minimum Gasteiger partial charge on any atom is -0.482 e. The van der Waals surface area contributed by atoms with Gasteiger partial charge in [0.05, 0.1) is 0 Å². The highest BCUT2D eigenvalue weighted by Gasteiger charge is 2.40. The third-order valence-corrected chi connectivity index (χ3v) is 4.95. The van der Waals surface area contributed by atoms with Crippen LogP contribution in [-0.2, 0) is 18.3 Å². The molecule has 2 aliphatic rings. The Kier molecular flexibility index (Phi) is 3.24. The molecule has 4 nitrogen and oxygen atoms in total. The molecule has 0 saturated carbocycles. The molecule has 3 atom stereocenters. The summed E-state index contributed by atoms with van der Waals surface area (Å²) in [5, 5.41) is 0. The number of rotatable bonds is 3. The average Bonchev–Trinajstić information content (AvgIpc) is 2.76. The van der Waals surface area contributed by atoms with E-state index in [0.29, 0.717) is 17.3 Å². The standard InChI is InChI=1S/C11H17O4P/c1-8-7-11(16(12,13-2)14-3)15-10-6-4-5-9(8)10/h4-5,7-10H,6H2,1-3H3/t8-,9+,10+/m1/s1. The largest absolute Gasteiger partial charge is 0.482 e. The SMILES string of the molecule is COP(=O)(OC)C1=C[C@@H](C)[C@@H]2C=CC[C@@H]2O1. The third kappa shape index (κ3) is 1.86. The van der Waals surface area contributed by atoms with Gasteiger partial charge in [-0.15, -0.1) is 0 Å². The summed E-state index contributed by atoms with van der Waals surface area (Å²) in [6, 6.07) is 0. The molecule has 5 heteroatoms. The lowest BCUT2D eigenvalue weighted by Crippen LogP contribution is -2.28. The molecule has 0 spiro atoms. The maximum absolute atomic E-state index is 12.2. The van der Waals surface area contributed by atoms with Crippen LogP contribution in [0.15, 0.2) is 23.7 Å². The van der Waals surface area contributed by atoms with Crippen molar-refractivity contribution in [1.82, 2.24) is 0 Å². The monoisotopic (exact) mass is 244 g/mol. The van der Waals surface area contributed by atoms with Crippen LogP contribution < -0.4 is 0 Å². The number of ether oxygens (including phenoxy) is 1. The van der Waals surface area contributed by atoms with Gasteiger partial charge in [0, 0.05) is 26.6 Å². The predicted molar refractivity (Wildman–Crippen MR) is 61.0 cm³/mol. The van der Waals surface area contributed by atoms with Crippen molar-refractivity contribution in [1.29, 1.82) is 0 Å². The molecule has 0 fully saturated rings. The fourth-order valence-corrected chi connectivity index (χ4v) is 3.42. The van der Waals surface area contributed by atoms with Gasteiger partial charge in [-0.05, 0) is 12.0 Å². The summed E-state index contributed by atoms with van der Waals surface area (Å²) < 4.78 is 27.8. The molecule has 90 valence electrons. The first-order valence-corrected chi connectivity index (χ1v) is 6.92. The molecule has 1 aliphatic heterocycles. The fraction of sp³-hybridized carbons (Fsp3) is 0.636. The van der Waals surface area contributed by atoms with Crippen molar-refractivity contribution in [3.63, 3.8) is 0 Å². The van der Waals surface area contributed by atoms with Crippen LogP contribution in [-0.4, -0.2) is 20.3 Å². The molecular weight excluding hydrogens is 227 g/mol. The van der Waals surface area contributed by atoms with Crippen LogP contribution >= 0.6 is 7.60 Å². The second-order valence-corrected chi connectivity index (χ2v) is 6.29. The molecular formula is C11H17O4P. The van der Waals surface area contributed by atoms with Gasteiger partial charge < -0.3 is 13.8 Å². The molecule has 0 amide bonds. The van der Waals surface area contributed by atoms with Gasteiger partial charge in [-0.1, -0.05) is 19.1 Å². The number of fused-ring (bicyclic) bond motifs is 1. The summed E-state index contributed by atoms with van der Waals surface area (Å²) in [6.45, 7) is 2.09. The molecule has 1 aliphatic carbocycles. The van der Waals surface area contributed by atoms with E-state index in [9.17, 15) is 4.57 Å². The quantitative estimate of drug-likeness (QED) is 0.565. The van der Waals surface area contributed by atoms with Gasteiger partial charge in [0.1, 0.15) is 6.10 Å². The summed E-state index contributed by atoms with van der Waals surface area (Å²) in [4.78, 5) is 0. The van der Waals surface area contributed by atoms with E-state index in [0.717, 1.165) is 6.42 Å². The highest BCUT2D eigenvalue weighted by Crippen LogP contribution is 2.58. The molecule has 0 aromatic carbocycles. The highest BCUT2D eigenvalue weighted by molar-refractivity contribution is 7.58. The fourth-order valence-electron chi connectivity index (χ4n) is 2.23. The molecule has 0 N–H and O–H groups in total. The Bertz CT molecular complexity index is 366. The van der Waals surface area contributed by atoms with Crippen molar-refractivity contribution in [2.75, 3.05) is 14.2 Å². The summed E-state index contributed by atoms with van der Waals surface area (Å²) in [7, 11) is -0.486. The van der Waals surface area contributed by atoms with Gasteiger partial charge in [-0.2, -0.15) is 0 Å². The first-order valence-electron chi connectivity index (χ1n) is 5.38. The van der Waals surface area contributed by atoms with Gasteiger partial charge in [0.15, 0.2) is 0 Å². The smallest absolute Gasteiger partial charge is 0.394 e. The zero-order valence-electron chi connectivity index (χ0n) is 9.75. The topological polar surface area (TPSA) is 44.8 Å². The van der Waals surface area contributed by atoms with Crippen LogP contribution in [0.5, 0.6) is 0 Å². The predicted octanol–water partition coefficient (Wildman–Crippen LogP) is 2.92. The van der Waals surface area contributed by atoms with Gasteiger partial charge in [-0.25, -0.2) is 0 Å². The van der Waals surface area contributed by atoms with E-state index in [1.807, 2.05) is 6.08 Å². The number of hydrogen-bond donors (Lipinski definition) is 0. The molecule has 0 radical (unpaired) electrons. The van der Waals surface area contributed by atoms with Crippen LogP contribution in [0.25, 0.3) is 0 Å². The summed E-state index contributed by atoms with van der Waals surface area (Å²) in [5.74, 6) is 0.678. The molecule has 0 aromatic rings. The molecule has 0 saturated heterocycles. The van der Waals surface area contributed by atoms with Gasteiger partial charge in [0.25, 0.3) is 0 Å². The Labute approximate surface area is 95.8 Å². The van der Waals surface area contributed by atoms with E-state index < -0.39 is 7.60 Å². The minimum absolute atomic E-state index is 0.0774. The van der Waals surface area contributed by atoms with Crippen LogP contribution in [0.1, 0.15) is 13.3 Å². The van der Waals surface area contributed by atoms with Crippen LogP contribution in [0.3, 0.4) is 0 Å². The van der Waals surface area contributed by atoms with Crippen LogP contribution in [0.4, 0.5) is 0 Å². The maximum atomic E-state index is 12.2. The Morgan fingerprint density at radius 1 is 1.44 bits per heavy atom. The van der Waals surface area contributed by atoms with E-state index in [4.69, 9.17) is 13.8 Å². The summed E-state index contributed by atoms with van der Waals surface area (Å²) >= 11 is 0. The molecule has 0 aromatic heterocycles. The lowest BCUT2D eigenvalue weighted by molar-refractivity contribution is 0.0649. The van der Waals surface area contributed by atoms with Crippen LogP contribution in [0.2, 0.25) is 0 Å². The Morgan fingerprint density at radius 3 is 2.75 bits per heavy atom. The lowest BCUT2D eigenvalue weighted by atomic mass is 9.90. The Morgan fingerprint density at radius 2 is 2.12 bits per heavy atom. The number of allylic oxidation sites excluding steroid dienone is 1. The number of hydrogen-bond acceptors (Lipinski definition) is 4. The normalized spacial score (nSPS) is 33.2. The van der Waals surface area contributed by atoms with Crippen molar-refractivity contribution in [2.45, 2.75) is 19.4 Å². The minimum atomic E-state index is -3.23. The highest BCUT2D eigenvalue weighted by atomic mass is 31.2. The van der Waals surface area contributed by atoms with Crippen LogP contribution in [0, 0.1) is 11.8 Å². The van der Waals surface area contributed by atoms with Gasteiger partial charge in [0.2, 0.25) is 5.50 Å². The maximum Gasteiger partial charge on any atom is 0.394 e. The molecule has 0 unspecified atom stereocenters. The van der Waals surface area contributed by atoms with Crippen molar-refractivity contribution < 1.29 is 18.3 Å². The second-order valence-electron chi connectivity index (χ2n) is 4.12. The third-order valence-electron chi connectivity index (χ3n) is 3.19. The summed E-state index contributed by atoms with van der Waals surface area (Å²) in [6.07, 6.45) is 7.05. The molecule has 2 rings (SSSR count). The van der Waals surface area contributed by atoms with E-state index in [-0.39, 0.29) is 6.10 Å². The van der Waals surface area contributed by atoms with Crippen molar-refractivity contribution in [3.05, 3.63) is 23.7 Å². The van der Waals surface area contributed by atoms with Crippen molar-refractivity contribution in [2.24, 2.45) is 11.8 Å². The first kappa shape index (κ1) is 11.9. The molecule has 1 heterocycles. The van der Waals surface area contributed by atoms with Crippen molar-refractivity contribution >= 4 is 7.60 Å². The van der Waals surface area contributed by atoms with E-state index in [1.54, 1.807) is 0 Å². The Hall–Kier alpha value is -0.570. The first-order chi connectivity index (χ1) is 7.60. The zero-order chi connectivity index (χ0) is 11.8. The van der Waals surface area contributed by atoms with Gasteiger partial charge in [-0.3, -0.25) is 4.57 Å². The van der Waals surface area contributed by atoms with Crippen molar-refractivity contribution in [3.8, 4) is 0 Å². The average molecular weight is 244 g/mol. The Balaban J connectivity index is 2.25. The second kappa shape index (κ2) is 4.36. The lowest BCUT2D eigenvalue weighted by Gasteiger charge is -2.32. The van der Waals surface area contributed by atoms with Gasteiger partial charge >= 0.3 is 7.60 Å². The summed E-state index contributed by atoms with van der Waals surface area (Å²) in [5.41, 5.74) is 0.356. The molecule has 0 bridgehead atoms. The zero-order valence-corrected chi connectivity index (χ0v) is 10.6. The van der Waals surface area contributed by atoms with E-state index in [2.05, 4.69) is 19.1 Å². The van der Waals surface area contributed by atoms with E-state index >= 15 is 0 Å². The molecule has 16 heavy (non-hydrogen) atoms.